The summed E-state index contributed by atoms with van der Waals surface area (Å²) >= 11 is 0. The van der Waals surface area contributed by atoms with Crippen molar-refractivity contribution in [1.29, 1.82) is 0 Å². The molecule has 0 saturated heterocycles. The minimum Gasteiger partial charge on any atom is -0.238 e. The Morgan fingerprint density at radius 3 is 2.35 bits per heavy atom. The van der Waals surface area contributed by atoms with E-state index in [2.05, 4.69) is 80.7 Å². The van der Waals surface area contributed by atoms with Crippen LogP contribution in [0.1, 0.15) is 36.1 Å². The zero-order valence-corrected chi connectivity index (χ0v) is 16.0. The minimum atomic E-state index is -0.203. The van der Waals surface area contributed by atoms with Crippen LogP contribution in [0.25, 0.3) is 27.2 Å². The van der Waals surface area contributed by atoms with Crippen LogP contribution in [0.2, 0.25) is 0 Å². The van der Waals surface area contributed by atoms with Crippen molar-refractivity contribution in [2.24, 2.45) is 7.05 Å². The van der Waals surface area contributed by atoms with E-state index in [1.807, 2.05) is 12.1 Å². The van der Waals surface area contributed by atoms with Gasteiger partial charge in [0.05, 0.1) is 12.1 Å². The maximum Gasteiger partial charge on any atom is 0.212 e. The molecule has 3 aromatic rings. The molecule has 4 rings (SSSR count). The average Bonchev–Trinajstić information content (AvgIpc) is 2.84. The summed E-state index contributed by atoms with van der Waals surface area (Å²) in [7, 11) is 2.11. The molecule has 0 aliphatic heterocycles. The van der Waals surface area contributed by atoms with Crippen molar-refractivity contribution in [2.45, 2.75) is 33.1 Å². The largest absolute Gasteiger partial charge is 0.238 e. The lowest BCUT2D eigenvalue weighted by Crippen LogP contribution is -2.32. The van der Waals surface area contributed by atoms with Crippen LogP contribution in [0, 0.1) is 20.4 Å². The number of benzene rings is 2. The highest BCUT2D eigenvalue weighted by Gasteiger charge is 2.40. The van der Waals surface area contributed by atoms with Gasteiger partial charge in [-0.1, -0.05) is 44.2 Å². The number of rotatable bonds is 1. The molecule has 2 aromatic carbocycles. The second kappa shape index (κ2) is 5.54. The fraction of sp³-hybridized carbons (Fsp3) is 0.250. The summed E-state index contributed by atoms with van der Waals surface area (Å²) in [5.41, 5.74) is 10.6. The molecule has 2 heteroatoms. The third kappa shape index (κ3) is 2.14. The Kier molecular flexibility index (Phi) is 3.53. The van der Waals surface area contributed by atoms with Crippen molar-refractivity contribution < 1.29 is 4.57 Å². The highest BCUT2D eigenvalue weighted by atomic mass is 14.9. The number of aryl methyl sites for hydroxylation is 3. The van der Waals surface area contributed by atoms with Gasteiger partial charge in [-0.25, -0.2) is 9.41 Å². The Balaban J connectivity index is 2.11. The van der Waals surface area contributed by atoms with E-state index < -0.39 is 0 Å². The Bertz CT molecular complexity index is 1100. The first-order chi connectivity index (χ1) is 12.4. The average molecular weight is 339 g/mol. The lowest BCUT2D eigenvalue weighted by atomic mass is 9.77. The molecule has 1 aromatic heterocycles. The van der Waals surface area contributed by atoms with Gasteiger partial charge in [-0.2, -0.15) is 0 Å². The second-order valence-corrected chi connectivity index (χ2v) is 7.82. The van der Waals surface area contributed by atoms with Gasteiger partial charge in [0.25, 0.3) is 0 Å². The molecule has 0 N–H and O–H groups in total. The molecule has 1 aliphatic rings. The van der Waals surface area contributed by atoms with E-state index in [1.54, 1.807) is 0 Å². The number of hydrogen-bond donors (Lipinski definition) is 0. The minimum absolute atomic E-state index is 0.203. The molecule has 0 amide bonds. The zero-order chi connectivity index (χ0) is 18.6. The van der Waals surface area contributed by atoms with E-state index in [4.69, 9.17) is 6.57 Å². The Morgan fingerprint density at radius 2 is 1.65 bits per heavy atom. The molecule has 0 unspecified atom stereocenters. The molecule has 2 nitrogen and oxygen atoms in total. The van der Waals surface area contributed by atoms with E-state index in [9.17, 15) is 0 Å². The summed E-state index contributed by atoms with van der Waals surface area (Å²) in [6.45, 7) is 16.4. The predicted molar refractivity (Wildman–Crippen MR) is 106 cm³/mol. The van der Waals surface area contributed by atoms with Gasteiger partial charge in [0.2, 0.25) is 5.69 Å². The summed E-state index contributed by atoms with van der Waals surface area (Å²) in [5, 5.41) is 0. The van der Waals surface area contributed by atoms with Gasteiger partial charge in [-0.05, 0) is 47.7 Å². The maximum atomic E-state index is 7.63. The van der Waals surface area contributed by atoms with Crippen molar-refractivity contribution in [3.05, 3.63) is 82.3 Å². The molecule has 0 atom stereocenters. The SMILES string of the molecule is [C-]#[N+]c1cccc2c1C(C)(C)c1c-2ccc(C)c1-c1ccc(C)c[n+]1C. The van der Waals surface area contributed by atoms with Crippen LogP contribution in [-0.2, 0) is 12.5 Å². The number of pyridine rings is 1. The number of hydrogen-bond acceptors (Lipinski definition) is 0. The summed E-state index contributed by atoms with van der Waals surface area (Å²) in [4.78, 5) is 3.82. The quantitative estimate of drug-likeness (QED) is 0.400. The van der Waals surface area contributed by atoms with E-state index in [0.717, 1.165) is 11.3 Å². The lowest BCUT2D eigenvalue weighted by molar-refractivity contribution is -0.660. The van der Waals surface area contributed by atoms with E-state index in [-0.39, 0.29) is 5.41 Å². The molecule has 0 fully saturated rings. The monoisotopic (exact) mass is 339 g/mol. The topological polar surface area (TPSA) is 8.24 Å². The molecule has 0 radical (unpaired) electrons. The van der Waals surface area contributed by atoms with Crippen molar-refractivity contribution in [2.75, 3.05) is 0 Å². The van der Waals surface area contributed by atoms with E-state index >= 15 is 0 Å². The standard InChI is InChI=1S/C24H23N2/c1-15-10-13-20(26(6)14-15)21-16(2)11-12-18-17-8-7-9-19(25-5)22(17)24(3,4)23(18)21/h7-14H,1-4,6H3/q+1. The van der Waals surface area contributed by atoms with Gasteiger partial charge >= 0.3 is 0 Å². The van der Waals surface area contributed by atoms with Crippen LogP contribution in [0.4, 0.5) is 5.69 Å². The third-order valence-corrected chi connectivity index (χ3v) is 5.65. The highest BCUT2D eigenvalue weighted by molar-refractivity contribution is 5.91. The van der Waals surface area contributed by atoms with Crippen molar-refractivity contribution in [3.63, 3.8) is 0 Å². The number of fused-ring (bicyclic) bond motifs is 3. The molecule has 1 heterocycles. The Labute approximate surface area is 155 Å². The van der Waals surface area contributed by atoms with Gasteiger partial charge in [0.1, 0.15) is 7.05 Å². The van der Waals surface area contributed by atoms with Gasteiger partial charge < -0.3 is 0 Å². The molecule has 0 spiro atoms. The lowest BCUT2D eigenvalue weighted by Gasteiger charge is -2.25. The van der Waals surface area contributed by atoms with Crippen molar-refractivity contribution in [1.82, 2.24) is 0 Å². The summed E-state index contributed by atoms with van der Waals surface area (Å²) in [5.74, 6) is 0. The summed E-state index contributed by atoms with van der Waals surface area (Å²) < 4.78 is 2.22. The zero-order valence-electron chi connectivity index (χ0n) is 16.0. The third-order valence-electron chi connectivity index (χ3n) is 5.65. The second-order valence-electron chi connectivity index (χ2n) is 7.82. The maximum absolute atomic E-state index is 7.63. The first-order valence-electron chi connectivity index (χ1n) is 8.98. The first kappa shape index (κ1) is 16.5. The normalized spacial score (nSPS) is 13.8. The van der Waals surface area contributed by atoms with Crippen LogP contribution in [-0.4, -0.2) is 0 Å². The molecule has 0 bridgehead atoms. The van der Waals surface area contributed by atoms with E-state index in [0.29, 0.717) is 0 Å². The van der Waals surface area contributed by atoms with Crippen LogP contribution >= 0.6 is 0 Å². The molecule has 1 aliphatic carbocycles. The van der Waals surface area contributed by atoms with Crippen LogP contribution in [0.5, 0.6) is 0 Å². The van der Waals surface area contributed by atoms with Crippen LogP contribution < -0.4 is 4.57 Å². The Hall–Kier alpha value is -2.92. The van der Waals surface area contributed by atoms with Crippen molar-refractivity contribution in [3.8, 4) is 22.4 Å². The highest BCUT2D eigenvalue weighted by Crippen LogP contribution is 2.55. The molecule has 128 valence electrons. The van der Waals surface area contributed by atoms with Gasteiger partial charge in [-0.3, -0.25) is 0 Å². The molecule has 0 saturated carbocycles. The molecular weight excluding hydrogens is 316 g/mol. The van der Waals surface area contributed by atoms with Crippen LogP contribution in [0.15, 0.2) is 48.7 Å². The fourth-order valence-corrected chi connectivity index (χ4v) is 4.56. The fourth-order valence-electron chi connectivity index (χ4n) is 4.56. The molecule has 26 heavy (non-hydrogen) atoms. The van der Waals surface area contributed by atoms with E-state index in [1.165, 1.54) is 39.1 Å². The predicted octanol–water partition coefficient (Wildman–Crippen LogP) is 5.65. The van der Waals surface area contributed by atoms with Gasteiger partial charge in [0.15, 0.2) is 11.9 Å². The summed E-state index contributed by atoms with van der Waals surface area (Å²) in [6, 6.07) is 14.9. The Morgan fingerprint density at radius 1 is 0.923 bits per heavy atom. The van der Waals surface area contributed by atoms with Crippen molar-refractivity contribution >= 4 is 5.69 Å². The van der Waals surface area contributed by atoms with Gasteiger partial charge in [-0.15, -0.1) is 0 Å². The summed E-state index contributed by atoms with van der Waals surface area (Å²) in [6.07, 6.45) is 2.17. The number of nitrogens with zero attached hydrogens (tertiary/aromatic N) is 2. The molecular formula is C24H23N2+. The smallest absolute Gasteiger partial charge is 0.212 e. The van der Waals surface area contributed by atoms with Gasteiger partial charge in [0, 0.05) is 17.0 Å². The van der Waals surface area contributed by atoms with Crippen LogP contribution in [0.3, 0.4) is 0 Å². The number of aromatic nitrogens is 1. The first-order valence-corrected chi connectivity index (χ1v) is 8.98.